The average Bonchev–Trinajstić information content (AvgIpc) is 2.73. The molecule has 0 atom stereocenters. The Kier molecular flexibility index (Phi) is 6.39. The molecule has 154 valence electrons. The summed E-state index contributed by atoms with van der Waals surface area (Å²) in [6.07, 6.45) is 0. The summed E-state index contributed by atoms with van der Waals surface area (Å²) in [5.74, 6) is -0.991. The van der Waals surface area contributed by atoms with Crippen LogP contribution in [0.15, 0.2) is 77.7 Å². The Morgan fingerprint density at radius 3 is 2.13 bits per heavy atom. The van der Waals surface area contributed by atoms with Gasteiger partial charge in [0.25, 0.3) is 15.9 Å². The highest BCUT2D eigenvalue weighted by Gasteiger charge is 2.15. The lowest BCUT2D eigenvalue weighted by Gasteiger charge is -2.10. The molecular formula is C21H17ClN2O5S. The normalized spacial score (nSPS) is 10.9. The van der Waals surface area contributed by atoms with Crippen molar-refractivity contribution in [3.8, 4) is 0 Å². The molecule has 3 aromatic carbocycles. The van der Waals surface area contributed by atoms with E-state index in [0.717, 1.165) is 0 Å². The lowest BCUT2D eigenvalue weighted by Crippen LogP contribution is -2.15. The molecule has 2 N–H and O–H groups in total. The van der Waals surface area contributed by atoms with Gasteiger partial charge in [-0.3, -0.25) is 9.52 Å². The molecular weight excluding hydrogens is 428 g/mol. The quantitative estimate of drug-likeness (QED) is 0.555. The third-order valence-corrected chi connectivity index (χ3v) is 5.69. The third kappa shape index (κ3) is 5.16. The average molecular weight is 445 g/mol. The number of carbonyl (C=O) groups excluding carboxylic acids is 2. The molecule has 0 spiro atoms. The van der Waals surface area contributed by atoms with Crippen molar-refractivity contribution < 1.29 is 22.7 Å². The number of rotatable bonds is 6. The van der Waals surface area contributed by atoms with Crippen molar-refractivity contribution in [2.24, 2.45) is 0 Å². The molecule has 3 rings (SSSR count). The molecule has 1 amide bonds. The Morgan fingerprint density at radius 1 is 0.867 bits per heavy atom. The molecule has 0 saturated heterocycles. The fraction of sp³-hybridized carbons (Fsp3) is 0.0476. The van der Waals surface area contributed by atoms with E-state index in [1.165, 1.54) is 49.6 Å². The molecule has 9 heteroatoms. The largest absolute Gasteiger partial charge is 0.465 e. The van der Waals surface area contributed by atoms with E-state index in [0.29, 0.717) is 16.3 Å². The van der Waals surface area contributed by atoms with Gasteiger partial charge < -0.3 is 10.1 Å². The van der Waals surface area contributed by atoms with Crippen LogP contribution in [-0.4, -0.2) is 27.4 Å². The summed E-state index contributed by atoms with van der Waals surface area (Å²) in [6.45, 7) is 0. The highest BCUT2D eigenvalue weighted by atomic mass is 35.5. The van der Waals surface area contributed by atoms with E-state index in [1.807, 2.05) is 0 Å². The number of sulfonamides is 1. The molecule has 0 heterocycles. The van der Waals surface area contributed by atoms with E-state index in [2.05, 4.69) is 14.8 Å². The van der Waals surface area contributed by atoms with Gasteiger partial charge in [0.1, 0.15) is 0 Å². The number of halogens is 1. The molecule has 0 saturated carbocycles. The molecule has 3 aromatic rings. The van der Waals surface area contributed by atoms with Crippen LogP contribution in [0.1, 0.15) is 20.7 Å². The van der Waals surface area contributed by atoms with Gasteiger partial charge in [-0.25, -0.2) is 13.2 Å². The van der Waals surface area contributed by atoms with Crippen molar-refractivity contribution >= 4 is 44.9 Å². The van der Waals surface area contributed by atoms with Crippen LogP contribution >= 0.6 is 11.6 Å². The number of methoxy groups -OCH3 is 1. The molecule has 0 aliphatic heterocycles. The standard InChI is InChI=1S/C21H17ClN2O5S/c1-29-21(26)15-5-3-6-17(13-15)23-20(25)14-4-2-7-18(12-14)24-30(27,28)19-10-8-16(22)9-11-19/h2-13,24H,1H3,(H,23,25). The molecule has 0 aliphatic rings. The SMILES string of the molecule is COC(=O)c1cccc(NC(=O)c2cccc(NS(=O)(=O)c3ccc(Cl)cc3)c2)c1. The van der Waals surface area contributed by atoms with Gasteiger partial charge in [0.05, 0.1) is 17.6 Å². The Morgan fingerprint density at radius 2 is 1.47 bits per heavy atom. The second-order valence-corrected chi connectivity index (χ2v) is 8.29. The minimum atomic E-state index is -3.84. The predicted molar refractivity (Wildman–Crippen MR) is 114 cm³/mol. The molecule has 0 radical (unpaired) electrons. The first kappa shape index (κ1) is 21.4. The highest BCUT2D eigenvalue weighted by molar-refractivity contribution is 7.92. The van der Waals surface area contributed by atoms with Crippen molar-refractivity contribution in [3.63, 3.8) is 0 Å². The lowest BCUT2D eigenvalue weighted by atomic mass is 10.1. The van der Waals surface area contributed by atoms with Crippen molar-refractivity contribution in [1.82, 2.24) is 0 Å². The van der Waals surface area contributed by atoms with Crippen LogP contribution in [-0.2, 0) is 14.8 Å². The summed E-state index contributed by atoms with van der Waals surface area (Å²) >= 11 is 5.79. The van der Waals surface area contributed by atoms with Gasteiger partial charge in [-0.15, -0.1) is 0 Å². The molecule has 7 nitrogen and oxygen atoms in total. The number of esters is 1. The summed E-state index contributed by atoms with van der Waals surface area (Å²) in [5.41, 5.74) is 1.14. The van der Waals surface area contributed by atoms with E-state index in [1.54, 1.807) is 30.3 Å². The fourth-order valence-electron chi connectivity index (χ4n) is 2.60. The van der Waals surface area contributed by atoms with Crippen LogP contribution < -0.4 is 10.0 Å². The second-order valence-electron chi connectivity index (χ2n) is 6.17. The minimum absolute atomic E-state index is 0.0429. The van der Waals surface area contributed by atoms with Crippen molar-refractivity contribution in [1.29, 1.82) is 0 Å². The number of anilines is 2. The Balaban J connectivity index is 1.77. The molecule has 0 aromatic heterocycles. The molecule has 0 aliphatic carbocycles. The van der Waals surface area contributed by atoms with Crippen molar-refractivity contribution in [2.75, 3.05) is 17.1 Å². The maximum atomic E-state index is 12.6. The van der Waals surface area contributed by atoms with Gasteiger partial charge in [-0.1, -0.05) is 23.7 Å². The minimum Gasteiger partial charge on any atom is -0.465 e. The number of hydrogen-bond donors (Lipinski definition) is 2. The number of nitrogens with one attached hydrogen (secondary N) is 2. The Bertz CT molecular complexity index is 1190. The van der Waals surface area contributed by atoms with E-state index in [9.17, 15) is 18.0 Å². The van der Waals surface area contributed by atoms with Crippen LogP contribution in [0.3, 0.4) is 0 Å². The lowest BCUT2D eigenvalue weighted by molar-refractivity contribution is 0.0600. The van der Waals surface area contributed by atoms with Gasteiger partial charge >= 0.3 is 5.97 Å². The molecule has 0 fully saturated rings. The van der Waals surface area contributed by atoms with E-state index >= 15 is 0 Å². The second kappa shape index (κ2) is 8.98. The van der Waals surface area contributed by atoms with E-state index in [-0.39, 0.29) is 16.1 Å². The van der Waals surface area contributed by atoms with Gasteiger partial charge in [0, 0.05) is 22.0 Å². The zero-order chi connectivity index (χ0) is 21.7. The zero-order valence-corrected chi connectivity index (χ0v) is 17.3. The van der Waals surface area contributed by atoms with Crippen LogP contribution in [0.2, 0.25) is 5.02 Å². The van der Waals surface area contributed by atoms with Gasteiger partial charge in [0.15, 0.2) is 0 Å². The summed E-state index contributed by atoms with van der Waals surface area (Å²) < 4.78 is 32.1. The van der Waals surface area contributed by atoms with Crippen molar-refractivity contribution in [2.45, 2.75) is 4.90 Å². The summed E-state index contributed by atoms with van der Waals surface area (Å²) in [7, 11) is -2.57. The van der Waals surface area contributed by atoms with Crippen LogP contribution in [0.25, 0.3) is 0 Å². The first-order valence-electron chi connectivity index (χ1n) is 8.67. The Labute approximate surface area is 178 Å². The fourth-order valence-corrected chi connectivity index (χ4v) is 3.77. The summed E-state index contributed by atoms with van der Waals surface area (Å²) in [4.78, 5) is 24.2. The third-order valence-electron chi connectivity index (χ3n) is 4.04. The predicted octanol–water partition coefficient (Wildman–Crippen LogP) is 4.18. The summed E-state index contributed by atoms with van der Waals surface area (Å²) in [6, 6.07) is 18.0. The van der Waals surface area contributed by atoms with E-state index < -0.39 is 21.9 Å². The molecule has 0 bridgehead atoms. The first-order valence-corrected chi connectivity index (χ1v) is 10.5. The summed E-state index contributed by atoms with van der Waals surface area (Å²) in [5, 5.41) is 3.09. The van der Waals surface area contributed by atoms with Crippen LogP contribution in [0.4, 0.5) is 11.4 Å². The molecule has 30 heavy (non-hydrogen) atoms. The maximum Gasteiger partial charge on any atom is 0.337 e. The first-order chi connectivity index (χ1) is 14.3. The Hall–Kier alpha value is -3.36. The van der Waals surface area contributed by atoms with Crippen LogP contribution in [0, 0.1) is 0 Å². The highest BCUT2D eigenvalue weighted by Crippen LogP contribution is 2.20. The van der Waals surface area contributed by atoms with Crippen molar-refractivity contribution in [3.05, 3.63) is 88.9 Å². The molecule has 0 unspecified atom stereocenters. The number of carbonyl (C=O) groups is 2. The van der Waals surface area contributed by atoms with Gasteiger partial charge in [-0.05, 0) is 60.7 Å². The van der Waals surface area contributed by atoms with E-state index in [4.69, 9.17) is 11.6 Å². The number of ether oxygens (including phenoxy) is 1. The number of benzene rings is 3. The van der Waals surface area contributed by atoms with Gasteiger partial charge in [-0.2, -0.15) is 0 Å². The number of amides is 1. The number of hydrogen-bond acceptors (Lipinski definition) is 5. The smallest absolute Gasteiger partial charge is 0.337 e. The van der Waals surface area contributed by atoms with Gasteiger partial charge in [0.2, 0.25) is 0 Å². The topological polar surface area (TPSA) is 102 Å². The zero-order valence-electron chi connectivity index (χ0n) is 15.8. The monoisotopic (exact) mass is 444 g/mol. The van der Waals surface area contributed by atoms with Crippen LogP contribution in [0.5, 0.6) is 0 Å². The maximum absolute atomic E-state index is 12.6.